The third-order valence-corrected chi connectivity index (χ3v) is 6.16. The molecule has 148 valence electrons. The number of nitrogens with zero attached hydrogens (tertiary/aromatic N) is 2. The van der Waals surface area contributed by atoms with E-state index in [2.05, 4.69) is 41.3 Å². The summed E-state index contributed by atoms with van der Waals surface area (Å²) in [5.74, 6) is 1.67. The van der Waals surface area contributed by atoms with E-state index in [0.29, 0.717) is 29.8 Å². The lowest BCUT2D eigenvalue weighted by molar-refractivity contribution is -0.116. The number of oxazole rings is 1. The molecule has 0 bridgehead atoms. The zero-order valence-electron chi connectivity index (χ0n) is 16.2. The molecule has 0 saturated carbocycles. The number of aryl methyl sites for hydroxylation is 1. The molecule has 4 aromatic rings. The van der Waals surface area contributed by atoms with Gasteiger partial charge in [-0.1, -0.05) is 44.2 Å². The number of aromatic nitrogens is 2. The van der Waals surface area contributed by atoms with Gasteiger partial charge in [-0.3, -0.25) is 4.79 Å². The van der Waals surface area contributed by atoms with Crippen molar-refractivity contribution in [3.8, 4) is 21.9 Å². The molecule has 0 atom stereocenters. The monoisotopic (exact) mass is 423 g/mol. The highest BCUT2D eigenvalue weighted by atomic mass is 32.1. The summed E-state index contributed by atoms with van der Waals surface area (Å²) in [6.07, 6.45) is 2.45. The minimum atomic E-state index is -0.0990. The zero-order chi connectivity index (χ0) is 20.2. The molecule has 4 rings (SSSR count). The van der Waals surface area contributed by atoms with E-state index in [0.717, 1.165) is 21.9 Å². The van der Waals surface area contributed by atoms with Gasteiger partial charge in [0.25, 0.3) is 0 Å². The van der Waals surface area contributed by atoms with E-state index in [1.54, 1.807) is 17.5 Å². The number of anilines is 1. The molecule has 3 heterocycles. The number of carbonyl (C=O) groups excluding carboxylic acids is 1. The minimum absolute atomic E-state index is 0.0990. The maximum Gasteiger partial charge on any atom is 0.226 e. The molecule has 7 heteroatoms. The summed E-state index contributed by atoms with van der Waals surface area (Å²) in [4.78, 5) is 22.1. The van der Waals surface area contributed by atoms with Gasteiger partial charge in [0, 0.05) is 23.8 Å². The molecule has 0 spiro atoms. The van der Waals surface area contributed by atoms with Crippen LogP contribution in [0.5, 0.6) is 0 Å². The van der Waals surface area contributed by atoms with E-state index in [1.807, 2.05) is 35.0 Å². The van der Waals surface area contributed by atoms with Gasteiger partial charge in [-0.05, 0) is 22.9 Å². The maximum atomic E-state index is 12.2. The predicted molar refractivity (Wildman–Crippen MR) is 118 cm³/mol. The highest BCUT2D eigenvalue weighted by Crippen LogP contribution is 2.28. The Morgan fingerprint density at radius 2 is 2.00 bits per heavy atom. The maximum absolute atomic E-state index is 12.2. The fourth-order valence-corrected chi connectivity index (χ4v) is 4.35. The van der Waals surface area contributed by atoms with Crippen molar-refractivity contribution in [1.29, 1.82) is 0 Å². The highest BCUT2D eigenvalue weighted by Gasteiger charge is 2.12. The summed E-state index contributed by atoms with van der Waals surface area (Å²) in [5, 5.41) is 7.42. The van der Waals surface area contributed by atoms with Crippen molar-refractivity contribution in [1.82, 2.24) is 9.97 Å². The summed E-state index contributed by atoms with van der Waals surface area (Å²) in [6.45, 7) is 4.34. The SMILES string of the molecule is CC(C)c1ccc(-c2cnc(CCC(=O)Nc3nc(-c4cccs4)cs3)o2)cc1. The number of hydrogen-bond donors (Lipinski definition) is 1. The van der Waals surface area contributed by atoms with Crippen LogP contribution >= 0.6 is 22.7 Å². The lowest BCUT2D eigenvalue weighted by Crippen LogP contribution is -2.12. The van der Waals surface area contributed by atoms with Gasteiger partial charge < -0.3 is 9.73 Å². The van der Waals surface area contributed by atoms with Crippen LogP contribution in [0.1, 0.15) is 37.6 Å². The van der Waals surface area contributed by atoms with Crippen LogP contribution in [0.2, 0.25) is 0 Å². The van der Waals surface area contributed by atoms with E-state index in [-0.39, 0.29) is 5.91 Å². The molecule has 0 saturated heterocycles. The molecule has 3 aromatic heterocycles. The molecule has 5 nitrogen and oxygen atoms in total. The topological polar surface area (TPSA) is 68.0 Å². The summed E-state index contributed by atoms with van der Waals surface area (Å²) >= 11 is 3.06. The molecule has 0 aliphatic rings. The van der Waals surface area contributed by atoms with Crippen LogP contribution in [-0.4, -0.2) is 15.9 Å². The van der Waals surface area contributed by atoms with Crippen LogP contribution in [0.4, 0.5) is 5.13 Å². The average molecular weight is 424 g/mol. The Morgan fingerprint density at radius 1 is 1.17 bits per heavy atom. The van der Waals surface area contributed by atoms with Crippen LogP contribution in [0, 0.1) is 0 Å². The largest absolute Gasteiger partial charge is 0.441 e. The van der Waals surface area contributed by atoms with E-state index in [4.69, 9.17) is 4.42 Å². The van der Waals surface area contributed by atoms with Gasteiger partial charge >= 0.3 is 0 Å². The van der Waals surface area contributed by atoms with Crippen molar-refractivity contribution in [2.24, 2.45) is 0 Å². The second-order valence-electron chi connectivity index (χ2n) is 6.96. The van der Waals surface area contributed by atoms with E-state index in [9.17, 15) is 4.79 Å². The van der Waals surface area contributed by atoms with Crippen molar-refractivity contribution in [2.45, 2.75) is 32.6 Å². The Kier molecular flexibility index (Phi) is 5.87. The van der Waals surface area contributed by atoms with Crippen LogP contribution < -0.4 is 5.32 Å². The first kappa shape index (κ1) is 19.5. The van der Waals surface area contributed by atoms with Gasteiger partial charge in [-0.25, -0.2) is 9.97 Å². The minimum Gasteiger partial charge on any atom is -0.441 e. The van der Waals surface area contributed by atoms with Crippen LogP contribution in [0.3, 0.4) is 0 Å². The first-order valence-electron chi connectivity index (χ1n) is 9.43. The summed E-state index contributed by atoms with van der Waals surface area (Å²) in [7, 11) is 0. The van der Waals surface area contributed by atoms with E-state index in [1.165, 1.54) is 16.9 Å². The summed E-state index contributed by atoms with van der Waals surface area (Å²) < 4.78 is 5.82. The third-order valence-electron chi connectivity index (χ3n) is 4.51. The average Bonchev–Trinajstić information content (AvgIpc) is 3.47. The van der Waals surface area contributed by atoms with Crippen molar-refractivity contribution in [3.63, 3.8) is 0 Å². The van der Waals surface area contributed by atoms with Gasteiger partial charge in [-0.2, -0.15) is 0 Å². The van der Waals surface area contributed by atoms with Crippen LogP contribution in [-0.2, 0) is 11.2 Å². The molecular weight excluding hydrogens is 402 g/mol. The molecule has 1 N–H and O–H groups in total. The number of thiophene rings is 1. The number of thiazole rings is 1. The fraction of sp³-hybridized carbons (Fsp3) is 0.227. The number of carbonyl (C=O) groups is 1. The second-order valence-corrected chi connectivity index (χ2v) is 8.76. The second kappa shape index (κ2) is 8.71. The molecule has 0 radical (unpaired) electrons. The molecule has 0 aliphatic carbocycles. The molecule has 0 fully saturated rings. The standard InChI is InChI=1S/C22H21N3O2S2/c1-14(2)15-5-7-16(8-6-15)18-12-23-21(27-18)10-9-20(26)25-22-24-17(13-29-22)19-4-3-11-28-19/h3-8,11-14H,9-10H2,1-2H3,(H,24,25,26). The third kappa shape index (κ3) is 4.81. The van der Waals surface area contributed by atoms with Crippen LogP contribution in [0.15, 0.2) is 57.8 Å². The van der Waals surface area contributed by atoms with Gasteiger partial charge in [0.1, 0.15) is 0 Å². The van der Waals surface area contributed by atoms with Crippen molar-refractivity contribution in [2.75, 3.05) is 5.32 Å². The quantitative estimate of drug-likeness (QED) is 0.383. The van der Waals surface area contributed by atoms with Gasteiger partial charge in [-0.15, -0.1) is 22.7 Å². The first-order valence-corrected chi connectivity index (χ1v) is 11.2. The van der Waals surface area contributed by atoms with Gasteiger partial charge in [0.2, 0.25) is 5.91 Å². The summed E-state index contributed by atoms with van der Waals surface area (Å²) in [5.41, 5.74) is 3.16. The van der Waals surface area contributed by atoms with Gasteiger partial charge in [0.15, 0.2) is 16.8 Å². The van der Waals surface area contributed by atoms with E-state index < -0.39 is 0 Å². The smallest absolute Gasteiger partial charge is 0.226 e. The Morgan fingerprint density at radius 3 is 2.72 bits per heavy atom. The fourth-order valence-electron chi connectivity index (χ4n) is 2.86. The normalized spacial score (nSPS) is 11.1. The number of rotatable bonds is 7. The van der Waals surface area contributed by atoms with E-state index >= 15 is 0 Å². The number of nitrogens with one attached hydrogen (secondary N) is 1. The Balaban J connectivity index is 1.32. The molecule has 29 heavy (non-hydrogen) atoms. The molecular formula is C22H21N3O2S2. The Labute approximate surface area is 177 Å². The molecule has 1 amide bonds. The van der Waals surface area contributed by atoms with Gasteiger partial charge in [0.05, 0.1) is 16.8 Å². The molecule has 1 aromatic carbocycles. The first-order chi connectivity index (χ1) is 14.1. The zero-order valence-corrected chi connectivity index (χ0v) is 17.8. The van der Waals surface area contributed by atoms with Crippen molar-refractivity contribution in [3.05, 3.63) is 64.8 Å². The van der Waals surface area contributed by atoms with Crippen molar-refractivity contribution < 1.29 is 9.21 Å². The van der Waals surface area contributed by atoms with Crippen molar-refractivity contribution >= 4 is 33.7 Å². The molecule has 0 aliphatic heterocycles. The number of hydrogen-bond acceptors (Lipinski definition) is 6. The lowest BCUT2D eigenvalue weighted by atomic mass is 10.0. The summed E-state index contributed by atoms with van der Waals surface area (Å²) in [6, 6.07) is 12.3. The highest BCUT2D eigenvalue weighted by molar-refractivity contribution is 7.16. The van der Waals surface area contributed by atoms with Crippen LogP contribution in [0.25, 0.3) is 21.9 Å². The number of benzene rings is 1. The Bertz CT molecular complexity index is 1080. The number of amides is 1. The predicted octanol–water partition coefficient (Wildman–Crippen LogP) is 6.22. The lowest BCUT2D eigenvalue weighted by Gasteiger charge is -2.05. The molecule has 0 unspecified atom stereocenters. The Hall–Kier alpha value is -2.77.